The fourth-order valence-electron chi connectivity index (χ4n) is 2.58. The molecule has 112 valence electrons. The Morgan fingerprint density at radius 2 is 1.77 bits per heavy atom. The van der Waals surface area contributed by atoms with Gasteiger partial charge in [-0.25, -0.2) is 4.79 Å². The van der Waals surface area contributed by atoms with Crippen molar-refractivity contribution in [3.63, 3.8) is 0 Å². The molecular formula is C17H15NO4. The molecule has 2 N–H and O–H groups in total. The molecule has 1 aliphatic rings. The average molecular weight is 297 g/mol. The molecule has 1 amide bonds. The molecule has 5 heteroatoms. The standard InChI is InChI=1S/C17H15NO4/c1-11-17(21,16(20)18-12-7-3-2-4-8-12)14-10-6-5-9-13(14)15(19)22-11/h2-11,21H,1H3,(H,18,20)/t11-,17-/m0/s1. The van der Waals surface area contributed by atoms with Crippen LogP contribution in [0.2, 0.25) is 0 Å². The molecule has 5 nitrogen and oxygen atoms in total. The maximum absolute atomic E-state index is 12.6. The van der Waals surface area contributed by atoms with Crippen LogP contribution in [-0.4, -0.2) is 23.1 Å². The van der Waals surface area contributed by atoms with Gasteiger partial charge in [0, 0.05) is 11.3 Å². The number of carbonyl (C=O) groups excluding carboxylic acids is 2. The number of fused-ring (bicyclic) bond motifs is 1. The molecule has 0 fully saturated rings. The summed E-state index contributed by atoms with van der Waals surface area (Å²) in [6, 6.07) is 15.2. The predicted octanol–water partition coefficient (Wildman–Crippen LogP) is 2.07. The smallest absolute Gasteiger partial charge is 0.338 e. The van der Waals surface area contributed by atoms with Crippen LogP contribution in [0.4, 0.5) is 5.69 Å². The molecule has 0 saturated carbocycles. The third kappa shape index (κ3) is 2.16. The number of para-hydroxylation sites is 1. The minimum Gasteiger partial charge on any atom is -0.455 e. The summed E-state index contributed by atoms with van der Waals surface area (Å²) >= 11 is 0. The highest BCUT2D eigenvalue weighted by atomic mass is 16.6. The molecule has 0 aliphatic carbocycles. The van der Waals surface area contributed by atoms with Gasteiger partial charge in [0.15, 0.2) is 0 Å². The highest BCUT2D eigenvalue weighted by Crippen LogP contribution is 2.36. The highest BCUT2D eigenvalue weighted by molar-refractivity contribution is 6.03. The summed E-state index contributed by atoms with van der Waals surface area (Å²) in [6.07, 6.45) is -0.987. The molecule has 0 radical (unpaired) electrons. The second kappa shape index (κ2) is 5.27. The van der Waals surface area contributed by atoms with E-state index in [9.17, 15) is 14.7 Å². The van der Waals surface area contributed by atoms with Gasteiger partial charge in [0.25, 0.3) is 5.91 Å². The molecule has 0 aromatic heterocycles. The van der Waals surface area contributed by atoms with Crippen LogP contribution < -0.4 is 5.32 Å². The number of ether oxygens (including phenoxy) is 1. The summed E-state index contributed by atoms with van der Waals surface area (Å²) in [5.41, 5.74) is -0.915. The number of anilines is 1. The molecule has 0 saturated heterocycles. The Bertz CT molecular complexity index is 728. The fourth-order valence-corrected chi connectivity index (χ4v) is 2.58. The zero-order chi connectivity index (χ0) is 15.7. The van der Waals surface area contributed by atoms with E-state index in [0.29, 0.717) is 5.69 Å². The van der Waals surface area contributed by atoms with Crippen molar-refractivity contribution >= 4 is 17.6 Å². The van der Waals surface area contributed by atoms with Crippen molar-refractivity contribution in [2.75, 3.05) is 5.32 Å². The van der Waals surface area contributed by atoms with E-state index in [1.807, 2.05) is 6.07 Å². The van der Waals surface area contributed by atoms with Gasteiger partial charge < -0.3 is 15.2 Å². The van der Waals surface area contributed by atoms with E-state index < -0.39 is 23.6 Å². The molecule has 0 spiro atoms. The molecule has 0 bridgehead atoms. The highest BCUT2D eigenvalue weighted by Gasteiger charge is 2.51. The molecule has 22 heavy (non-hydrogen) atoms. The number of esters is 1. The molecule has 2 aromatic rings. The zero-order valence-corrected chi connectivity index (χ0v) is 11.9. The average Bonchev–Trinajstić information content (AvgIpc) is 2.53. The van der Waals surface area contributed by atoms with Crippen LogP contribution in [0.3, 0.4) is 0 Å². The SMILES string of the molecule is C[C@@H]1OC(=O)c2ccccc2[C@]1(O)C(=O)Nc1ccccc1. The molecule has 2 aromatic carbocycles. The number of hydrogen-bond donors (Lipinski definition) is 2. The van der Waals surface area contributed by atoms with Gasteiger partial charge in [-0.2, -0.15) is 0 Å². The Kier molecular flexibility index (Phi) is 3.42. The molecule has 3 rings (SSSR count). The van der Waals surface area contributed by atoms with E-state index >= 15 is 0 Å². The number of carbonyl (C=O) groups is 2. The maximum atomic E-state index is 12.6. The lowest BCUT2D eigenvalue weighted by Crippen LogP contribution is -2.53. The zero-order valence-electron chi connectivity index (χ0n) is 11.9. The summed E-state index contributed by atoms with van der Waals surface area (Å²) < 4.78 is 5.14. The number of cyclic esters (lactones) is 1. The van der Waals surface area contributed by atoms with Crippen molar-refractivity contribution in [2.45, 2.75) is 18.6 Å². The first-order valence-electron chi connectivity index (χ1n) is 6.93. The normalized spacial score (nSPS) is 23.4. The lowest BCUT2D eigenvalue weighted by atomic mass is 9.82. The second-order valence-corrected chi connectivity index (χ2v) is 5.18. The number of hydrogen-bond acceptors (Lipinski definition) is 4. The van der Waals surface area contributed by atoms with Gasteiger partial charge in [-0.3, -0.25) is 4.79 Å². The van der Waals surface area contributed by atoms with Crippen LogP contribution in [0.1, 0.15) is 22.8 Å². The largest absolute Gasteiger partial charge is 0.455 e. The minimum atomic E-state index is -1.93. The quantitative estimate of drug-likeness (QED) is 0.832. The van der Waals surface area contributed by atoms with Gasteiger partial charge in [0.2, 0.25) is 5.60 Å². The first kappa shape index (κ1) is 14.3. The number of aliphatic hydroxyl groups is 1. The summed E-state index contributed by atoms with van der Waals surface area (Å²) in [5.74, 6) is -1.17. The van der Waals surface area contributed by atoms with Gasteiger partial charge in [-0.1, -0.05) is 36.4 Å². The summed E-state index contributed by atoms with van der Waals surface area (Å²) in [4.78, 5) is 24.5. The Morgan fingerprint density at radius 3 is 2.50 bits per heavy atom. The number of benzene rings is 2. The maximum Gasteiger partial charge on any atom is 0.338 e. The van der Waals surface area contributed by atoms with Crippen molar-refractivity contribution < 1.29 is 19.4 Å². The Hall–Kier alpha value is -2.66. The molecular weight excluding hydrogens is 282 g/mol. The van der Waals surface area contributed by atoms with Gasteiger partial charge >= 0.3 is 5.97 Å². The predicted molar refractivity (Wildman–Crippen MR) is 80.3 cm³/mol. The lowest BCUT2D eigenvalue weighted by Gasteiger charge is -2.37. The number of nitrogens with one attached hydrogen (secondary N) is 1. The fraction of sp³-hybridized carbons (Fsp3) is 0.176. The monoisotopic (exact) mass is 297 g/mol. The van der Waals surface area contributed by atoms with Gasteiger partial charge in [0.05, 0.1) is 5.56 Å². The number of amides is 1. The van der Waals surface area contributed by atoms with E-state index in [1.54, 1.807) is 42.5 Å². The van der Waals surface area contributed by atoms with Gasteiger partial charge in [0.1, 0.15) is 6.10 Å². The first-order chi connectivity index (χ1) is 10.5. The summed E-state index contributed by atoms with van der Waals surface area (Å²) in [6.45, 7) is 1.50. The third-order valence-electron chi connectivity index (χ3n) is 3.81. The van der Waals surface area contributed by atoms with Crippen LogP contribution in [0.15, 0.2) is 54.6 Å². The van der Waals surface area contributed by atoms with Crippen LogP contribution in [0, 0.1) is 0 Å². The molecule has 2 atom stereocenters. The lowest BCUT2D eigenvalue weighted by molar-refractivity contribution is -0.150. The van der Waals surface area contributed by atoms with Crippen LogP contribution in [0.5, 0.6) is 0 Å². The van der Waals surface area contributed by atoms with E-state index in [0.717, 1.165) is 0 Å². The Balaban J connectivity index is 2.02. The van der Waals surface area contributed by atoms with Crippen molar-refractivity contribution in [1.29, 1.82) is 0 Å². The van der Waals surface area contributed by atoms with E-state index in [2.05, 4.69) is 5.32 Å². The summed E-state index contributed by atoms with van der Waals surface area (Å²) in [7, 11) is 0. The second-order valence-electron chi connectivity index (χ2n) is 5.18. The summed E-state index contributed by atoms with van der Waals surface area (Å²) in [5, 5.41) is 13.6. The van der Waals surface area contributed by atoms with Crippen molar-refractivity contribution in [2.24, 2.45) is 0 Å². The topological polar surface area (TPSA) is 75.6 Å². The third-order valence-corrected chi connectivity index (χ3v) is 3.81. The molecule has 1 heterocycles. The van der Waals surface area contributed by atoms with Crippen LogP contribution in [-0.2, 0) is 15.1 Å². The minimum absolute atomic E-state index is 0.200. The Labute approximate surface area is 127 Å². The van der Waals surface area contributed by atoms with E-state index in [1.165, 1.54) is 13.0 Å². The molecule has 1 aliphatic heterocycles. The van der Waals surface area contributed by atoms with Crippen molar-refractivity contribution in [3.05, 3.63) is 65.7 Å². The Morgan fingerprint density at radius 1 is 1.14 bits per heavy atom. The van der Waals surface area contributed by atoms with E-state index in [4.69, 9.17) is 4.74 Å². The molecule has 0 unspecified atom stereocenters. The first-order valence-corrected chi connectivity index (χ1v) is 6.93. The van der Waals surface area contributed by atoms with Gasteiger partial charge in [-0.15, -0.1) is 0 Å². The van der Waals surface area contributed by atoms with Crippen LogP contribution >= 0.6 is 0 Å². The van der Waals surface area contributed by atoms with Gasteiger partial charge in [-0.05, 0) is 25.1 Å². The van der Waals surface area contributed by atoms with Crippen molar-refractivity contribution in [1.82, 2.24) is 0 Å². The number of rotatable bonds is 2. The van der Waals surface area contributed by atoms with Crippen LogP contribution in [0.25, 0.3) is 0 Å². The van der Waals surface area contributed by atoms with Crippen molar-refractivity contribution in [3.8, 4) is 0 Å². The van der Waals surface area contributed by atoms with E-state index in [-0.39, 0.29) is 11.1 Å².